The number of aryl methyl sites for hydroxylation is 1. The third kappa shape index (κ3) is 9.63. The highest BCUT2D eigenvalue weighted by atomic mass is 79.9. The van der Waals surface area contributed by atoms with Crippen molar-refractivity contribution in [3.8, 4) is 0 Å². The summed E-state index contributed by atoms with van der Waals surface area (Å²) in [5, 5.41) is 24.8. The predicted octanol–water partition coefficient (Wildman–Crippen LogP) is 5.54. The highest BCUT2D eigenvalue weighted by Gasteiger charge is 2.61. The minimum Gasteiger partial charge on any atom is -1.00 e. The van der Waals surface area contributed by atoms with Crippen molar-refractivity contribution in [3.05, 3.63) is 215 Å². The van der Waals surface area contributed by atoms with Crippen molar-refractivity contribution in [2.45, 2.75) is 69.1 Å². The quantitative estimate of drug-likeness (QED) is 0.158. The van der Waals surface area contributed by atoms with Gasteiger partial charge < -0.3 is 53.1 Å². The van der Waals surface area contributed by atoms with Crippen molar-refractivity contribution in [1.29, 1.82) is 0 Å². The Kier molecular flexibility index (Phi) is 16.6. The van der Waals surface area contributed by atoms with Gasteiger partial charge in [-0.3, -0.25) is 0 Å². The zero-order chi connectivity index (χ0) is 42.7. The summed E-state index contributed by atoms with van der Waals surface area (Å²) in [7, 11) is 0. The number of hydrogen-bond acceptors (Lipinski definition) is 2. The van der Waals surface area contributed by atoms with Gasteiger partial charge >= 0.3 is 0 Å². The minimum absolute atomic E-state index is 0. The van der Waals surface area contributed by atoms with Crippen molar-refractivity contribution in [3.63, 3.8) is 0 Å². The summed E-state index contributed by atoms with van der Waals surface area (Å²) in [4.78, 5) is 0. The third-order valence-corrected chi connectivity index (χ3v) is 16.2. The van der Waals surface area contributed by atoms with Crippen LogP contribution in [-0.4, -0.2) is 65.0 Å². The van der Waals surface area contributed by atoms with Gasteiger partial charge in [-0.15, -0.1) is 17.0 Å². The van der Waals surface area contributed by atoms with E-state index >= 15 is 0 Å². The van der Waals surface area contributed by atoms with Gasteiger partial charge in [0.25, 0.3) is 0 Å². The van der Waals surface area contributed by atoms with E-state index in [9.17, 15) is 19.0 Å². The maximum Gasteiger partial charge on any atom is 0.135 e. The summed E-state index contributed by atoms with van der Waals surface area (Å²) in [5.74, 6) is -0.917. The van der Waals surface area contributed by atoms with Crippen LogP contribution in [0.25, 0.3) is 0 Å². The van der Waals surface area contributed by atoms with Crippen molar-refractivity contribution in [1.82, 2.24) is 0 Å². The van der Waals surface area contributed by atoms with Gasteiger partial charge in [0.2, 0.25) is 0 Å². The smallest absolute Gasteiger partial charge is 0.135 e. The SMILES string of the molecule is Br.OC(c1ccccc1)(c1ccccc1)C12CC[N+](CCCc3ccccc3)(CC1)CC2.OC(c1ccccc1)(c1ccccc1)C12CC[N+](Cc3c(F)cccc3F)(CC1)CC2.[Br-].[Br-]. The average molecular weight is 1070 g/mol. The lowest BCUT2D eigenvalue weighted by Crippen LogP contribution is -3.00. The van der Waals surface area contributed by atoms with Crippen LogP contribution in [0.2, 0.25) is 0 Å². The van der Waals surface area contributed by atoms with Crippen LogP contribution in [0.15, 0.2) is 170 Å². The molecule has 6 aromatic rings. The summed E-state index contributed by atoms with van der Waals surface area (Å²) in [6.45, 7) is 7.66. The lowest BCUT2D eigenvalue weighted by Gasteiger charge is -2.60. The van der Waals surface area contributed by atoms with Crippen LogP contribution >= 0.6 is 17.0 Å². The topological polar surface area (TPSA) is 40.5 Å². The molecule has 6 fully saturated rings. The van der Waals surface area contributed by atoms with Gasteiger partial charge in [0.15, 0.2) is 0 Å². The number of benzene rings is 6. The summed E-state index contributed by atoms with van der Waals surface area (Å²) in [5.41, 5.74) is 3.21. The molecule has 0 radical (unpaired) electrons. The molecule has 4 nitrogen and oxygen atoms in total. The molecule has 0 spiro atoms. The van der Waals surface area contributed by atoms with Gasteiger partial charge in [-0.05, 0) is 46.4 Å². The lowest BCUT2D eigenvalue weighted by molar-refractivity contribution is -0.958. The monoisotopic (exact) mass is 1070 g/mol. The normalized spacial score (nSPS) is 24.3. The van der Waals surface area contributed by atoms with Gasteiger partial charge in [-0.25, -0.2) is 8.78 Å². The molecule has 6 heterocycles. The minimum atomic E-state index is -1.09. The average Bonchev–Trinajstić information content (AvgIpc) is 3.35. The van der Waals surface area contributed by atoms with E-state index in [2.05, 4.69) is 78.9 Å². The Bertz CT molecular complexity index is 2260. The van der Waals surface area contributed by atoms with E-state index in [0.29, 0.717) is 11.0 Å². The molecular weight excluding hydrogens is 1010 g/mol. The van der Waals surface area contributed by atoms with Gasteiger partial charge in [-0.1, -0.05) is 158 Å². The Hall–Kier alpha value is -3.54. The Balaban J connectivity index is 0.000000206. The van der Waals surface area contributed by atoms with Crippen molar-refractivity contribution < 1.29 is 61.9 Å². The molecule has 6 aliphatic rings. The Morgan fingerprint density at radius 1 is 0.431 bits per heavy atom. The van der Waals surface area contributed by atoms with Crippen LogP contribution in [0.1, 0.15) is 78.3 Å². The maximum atomic E-state index is 14.3. The van der Waals surface area contributed by atoms with Gasteiger partial charge in [-0.2, -0.15) is 0 Å². The molecule has 6 aliphatic heterocycles. The van der Waals surface area contributed by atoms with E-state index in [1.807, 2.05) is 72.8 Å². The molecule has 344 valence electrons. The molecule has 0 unspecified atom stereocenters. The molecule has 0 amide bonds. The summed E-state index contributed by atoms with van der Waals surface area (Å²) in [6.07, 6.45) is 8.18. The number of quaternary nitrogens is 2. The summed E-state index contributed by atoms with van der Waals surface area (Å²) >= 11 is 0. The Morgan fingerprint density at radius 3 is 1.08 bits per heavy atom. The fraction of sp³-hybridized carbons (Fsp3) is 0.357. The first-order chi connectivity index (χ1) is 30.1. The van der Waals surface area contributed by atoms with Crippen molar-refractivity contribution in [2.75, 3.05) is 45.8 Å². The van der Waals surface area contributed by atoms with Crippen LogP contribution in [0.3, 0.4) is 0 Å². The van der Waals surface area contributed by atoms with Crippen molar-refractivity contribution >= 4 is 17.0 Å². The lowest BCUT2D eigenvalue weighted by atomic mass is 9.56. The molecule has 0 aliphatic carbocycles. The second kappa shape index (κ2) is 21.2. The Labute approximate surface area is 416 Å². The molecule has 6 saturated heterocycles. The van der Waals surface area contributed by atoms with E-state index in [1.165, 1.54) is 67.3 Å². The molecule has 6 aromatic carbocycles. The van der Waals surface area contributed by atoms with Gasteiger partial charge in [0, 0.05) is 55.8 Å². The van der Waals surface area contributed by atoms with Gasteiger partial charge in [0.05, 0.1) is 51.4 Å². The highest BCUT2D eigenvalue weighted by molar-refractivity contribution is 8.93. The highest BCUT2D eigenvalue weighted by Crippen LogP contribution is 2.59. The van der Waals surface area contributed by atoms with Gasteiger partial charge in [0.1, 0.15) is 29.4 Å². The number of fused-ring (bicyclic) bond motifs is 6. The molecule has 0 saturated carbocycles. The molecule has 0 aromatic heterocycles. The molecule has 12 rings (SSSR count). The van der Waals surface area contributed by atoms with Crippen LogP contribution in [0.5, 0.6) is 0 Å². The fourth-order valence-corrected chi connectivity index (χ4v) is 12.3. The number of aliphatic hydroxyl groups is 2. The van der Waals surface area contributed by atoms with Crippen LogP contribution in [-0.2, 0) is 24.2 Å². The Morgan fingerprint density at radius 2 is 0.738 bits per heavy atom. The zero-order valence-corrected chi connectivity index (χ0v) is 42.1. The second-order valence-corrected chi connectivity index (χ2v) is 19.1. The third-order valence-electron chi connectivity index (χ3n) is 16.2. The summed E-state index contributed by atoms with van der Waals surface area (Å²) < 4.78 is 30.6. The van der Waals surface area contributed by atoms with E-state index in [1.54, 1.807) is 0 Å². The number of hydrogen-bond donors (Lipinski definition) is 2. The molecule has 65 heavy (non-hydrogen) atoms. The van der Waals surface area contributed by atoms with Crippen LogP contribution in [0.4, 0.5) is 8.78 Å². The van der Waals surface area contributed by atoms with E-state index in [-0.39, 0.29) is 67.3 Å². The number of halogens is 5. The van der Waals surface area contributed by atoms with E-state index in [0.717, 1.165) is 80.4 Å². The molecule has 2 N–H and O–H groups in total. The van der Waals surface area contributed by atoms with E-state index in [4.69, 9.17) is 0 Å². The largest absolute Gasteiger partial charge is 1.00 e. The molecule has 4 bridgehead atoms. The van der Waals surface area contributed by atoms with Crippen LogP contribution in [0, 0.1) is 22.5 Å². The van der Waals surface area contributed by atoms with Crippen LogP contribution < -0.4 is 34.0 Å². The first-order valence-electron chi connectivity index (χ1n) is 23.0. The number of rotatable bonds is 12. The van der Waals surface area contributed by atoms with Crippen molar-refractivity contribution in [2.24, 2.45) is 10.8 Å². The standard InChI is InChI=1S/C29H34NO.C27H28F2NO.3BrH/c31-29(26-14-6-2-7-15-26,27-16-8-3-9-17-27)28-18-22-30(23-19-28,24-20-28)21-10-13-25-11-4-1-5-12-25;28-24-12-7-13-25(29)23(24)20-30-17-14-26(15-18-30,16-19-30)27(31,21-8-3-1-4-9-21)22-10-5-2-6-11-22;;;/h1-9,11-12,14-17,31H,10,13,18-24H2;1-13,31H,14-20H2;3*1H/q2*+1;;;/p-2. The first kappa shape index (κ1) is 50.9. The summed E-state index contributed by atoms with van der Waals surface area (Å²) in [6, 6.07) is 55.7. The zero-order valence-electron chi connectivity index (χ0n) is 37.2. The number of nitrogens with zero attached hydrogens (tertiary/aromatic N) is 2. The maximum absolute atomic E-state index is 14.3. The second-order valence-electron chi connectivity index (χ2n) is 19.1. The predicted molar refractivity (Wildman–Crippen MR) is 254 cm³/mol. The van der Waals surface area contributed by atoms with E-state index < -0.39 is 22.8 Å². The number of piperidine rings is 6. The molecule has 9 heteroatoms. The molecule has 0 atom stereocenters. The fourth-order valence-electron chi connectivity index (χ4n) is 12.3. The first-order valence-corrected chi connectivity index (χ1v) is 23.0. The molecular formula is C56H63Br3F2N2O2.